The van der Waals surface area contributed by atoms with E-state index in [4.69, 9.17) is 21.7 Å². The van der Waals surface area contributed by atoms with Gasteiger partial charge in [0.05, 0.1) is 13.2 Å². The number of benzene rings is 2. The molecule has 2 rings (SSSR count). The molecule has 0 aliphatic heterocycles. The first kappa shape index (κ1) is 16.1. The number of methoxy groups -OCH3 is 1. The van der Waals surface area contributed by atoms with E-state index in [1.165, 1.54) is 0 Å². The summed E-state index contributed by atoms with van der Waals surface area (Å²) in [6.07, 6.45) is 0. The van der Waals surface area contributed by atoms with Crippen LogP contribution < -0.4 is 20.1 Å². The number of anilines is 1. The van der Waals surface area contributed by atoms with Crippen LogP contribution in [0, 0.1) is 0 Å². The zero-order chi connectivity index (χ0) is 15.8. The van der Waals surface area contributed by atoms with Crippen LogP contribution in [0.1, 0.15) is 6.92 Å². The van der Waals surface area contributed by atoms with Gasteiger partial charge < -0.3 is 20.1 Å². The Hall–Kier alpha value is -2.27. The van der Waals surface area contributed by atoms with Gasteiger partial charge in [0, 0.05) is 11.8 Å². The minimum atomic E-state index is 0.0887. The normalized spacial score (nSPS) is 11.4. The van der Waals surface area contributed by atoms with Gasteiger partial charge in [0.15, 0.2) is 5.11 Å². The summed E-state index contributed by atoms with van der Waals surface area (Å²) >= 11 is 5.30. The zero-order valence-corrected chi connectivity index (χ0v) is 13.5. The van der Waals surface area contributed by atoms with Crippen LogP contribution in [0.2, 0.25) is 0 Å². The number of para-hydroxylation sites is 1. The quantitative estimate of drug-likeness (QED) is 0.799. The minimum absolute atomic E-state index is 0.0887. The van der Waals surface area contributed by atoms with E-state index in [2.05, 4.69) is 10.6 Å². The molecular formula is C17H20N2O2S. The SMILES string of the molecule is COc1cccc(NC(=S)N[C@@H](C)COc2ccccc2)c1. The first-order valence-electron chi connectivity index (χ1n) is 7.07. The molecule has 4 nitrogen and oxygen atoms in total. The van der Waals surface area contributed by atoms with E-state index in [0.717, 1.165) is 17.2 Å². The van der Waals surface area contributed by atoms with Gasteiger partial charge in [-0.05, 0) is 43.4 Å². The number of hydrogen-bond donors (Lipinski definition) is 2. The number of rotatable bonds is 6. The molecule has 0 spiro atoms. The lowest BCUT2D eigenvalue weighted by atomic mass is 10.3. The van der Waals surface area contributed by atoms with Gasteiger partial charge >= 0.3 is 0 Å². The third-order valence-corrected chi connectivity index (χ3v) is 3.17. The van der Waals surface area contributed by atoms with Crippen molar-refractivity contribution in [3.8, 4) is 11.5 Å². The Balaban J connectivity index is 1.78. The average Bonchev–Trinajstić information content (AvgIpc) is 2.54. The molecule has 0 aliphatic carbocycles. The van der Waals surface area contributed by atoms with Crippen molar-refractivity contribution in [3.63, 3.8) is 0 Å². The van der Waals surface area contributed by atoms with Gasteiger partial charge in [-0.15, -0.1) is 0 Å². The molecule has 2 aromatic carbocycles. The second kappa shape index (κ2) is 8.24. The van der Waals surface area contributed by atoms with Crippen molar-refractivity contribution in [3.05, 3.63) is 54.6 Å². The number of hydrogen-bond acceptors (Lipinski definition) is 3. The molecule has 0 saturated heterocycles. The Morgan fingerprint density at radius 2 is 1.82 bits per heavy atom. The average molecular weight is 316 g/mol. The molecule has 2 aromatic rings. The summed E-state index contributed by atoms with van der Waals surface area (Å²) in [4.78, 5) is 0. The standard InChI is InChI=1S/C17H20N2O2S/c1-13(12-21-15-8-4-3-5-9-15)18-17(22)19-14-7-6-10-16(11-14)20-2/h3-11,13H,12H2,1-2H3,(H2,18,19,22)/t13-/m0/s1. The number of nitrogens with one attached hydrogen (secondary N) is 2. The molecule has 0 unspecified atom stereocenters. The highest BCUT2D eigenvalue weighted by molar-refractivity contribution is 7.80. The van der Waals surface area contributed by atoms with Crippen LogP contribution in [0.3, 0.4) is 0 Å². The monoisotopic (exact) mass is 316 g/mol. The van der Waals surface area contributed by atoms with E-state index in [1.807, 2.05) is 61.5 Å². The predicted octanol–water partition coefficient (Wildman–Crippen LogP) is 3.45. The fraction of sp³-hybridized carbons (Fsp3) is 0.235. The van der Waals surface area contributed by atoms with Crippen molar-refractivity contribution in [2.75, 3.05) is 19.0 Å². The molecule has 0 amide bonds. The molecule has 5 heteroatoms. The highest BCUT2D eigenvalue weighted by Crippen LogP contribution is 2.16. The highest BCUT2D eigenvalue weighted by Gasteiger charge is 2.06. The second-order valence-electron chi connectivity index (χ2n) is 4.86. The summed E-state index contributed by atoms with van der Waals surface area (Å²) in [5.74, 6) is 1.64. The van der Waals surface area contributed by atoms with Crippen molar-refractivity contribution in [1.82, 2.24) is 5.32 Å². The van der Waals surface area contributed by atoms with E-state index in [9.17, 15) is 0 Å². The van der Waals surface area contributed by atoms with Crippen molar-refractivity contribution in [1.29, 1.82) is 0 Å². The first-order valence-corrected chi connectivity index (χ1v) is 7.47. The van der Waals surface area contributed by atoms with E-state index in [1.54, 1.807) is 7.11 Å². The molecule has 0 aromatic heterocycles. The van der Waals surface area contributed by atoms with Crippen LogP contribution in [0.15, 0.2) is 54.6 Å². The molecule has 116 valence electrons. The second-order valence-corrected chi connectivity index (χ2v) is 5.26. The maximum atomic E-state index is 5.69. The Morgan fingerprint density at radius 1 is 1.09 bits per heavy atom. The van der Waals surface area contributed by atoms with Gasteiger partial charge in [0.1, 0.15) is 18.1 Å². The molecule has 0 heterocycles. The summed E-state index contributed by atoms with van der Waals surface area (Å²) in [7, 11) is 1.64. The summed E-state index contributed by atoms with van der Waals surface area (Å²) < 4.78 is 10.9. The molecule has 0 radical (unpaired) electrons. The third-order valence-electron chi connectivity index (χ3n) is 2.95. The Kier molecular flexibility index (Phi) is 6.03. The van der Waals surface area contributed by atoms with Gasteiger partial charge in [-0.1, -0.05) is 24.3 Å². The Bertz CT molecular complexity index is 605. The molecule has 2 N–H and O–H groups in total. The molecule has 22 heavy (non-hydrogen) atoms. The number of thiocarbonyl (C=S) groups is 1. The Morgan fingerprint density at radius 3 is 2.55 bits per heavy atom. The van der Waals surface area contributed by atoms with Crippen molar-refractivity contribution in [2.45, 2.75) is 13.0 Å². The Labute approximate surface area is 136 Å². The van der Waals surface area contributed by atoms with E-state index >= 15 is 0 Å². The van der Waals surface area contributed by atoms with E-state index in [-0.39, 0.29) is 6.04 Å². The van der Waals surface area contributed by atoms with Crippen LogP contribution in [0.25, 0.3) is 0 Å². The first-order chi connectivity index (χ1) is 10.7. The predicted molar refractivity (Wildman–Crippen MR) is 93.7 cm³/mol. The van der Waals surface area contributed by atoms with E-state index in [0.29, 0.717) is 11.7 Å². The maximum absolute atomic E-state index is 5.69. The third kappa shape index (κ3) is 5.26. The molecule has 0 aliphatic rings. The van der Waals surface area contributed by atoms with Crippen LogP contribution in [-0.2, 0) is 0 Å². The fourth-order valence-electron chi connectivity index (χ4n) is 1.87. The van der Waals surface area contributed by atoms with Gasteiger partial charge in [-0.25, -0.2) is 0 Å². The van der Waals surface area contributed by atoms with Crippen molar-refractivity contribution in [2.24, 2.45) is 0 Å². The van der Waals surface area contributed by atoms with Gasteiger partial charge in [-0.2, -0.15) is 0 Å². The summed E-state index contributed by atoms with van der Waals surface area (Å²) in [5, 5.41) is 6.87. The summed E-state index contributed by atoms with van der Waals surface area (Å²) in [6, 6.07) is 17.4. The van der Waals surface area contributed by atoms with E-state index < -0.39 is 0 Å². The minimum Gasteiger partial charge on any atom is -0.497 e. The van der Waals surface area contributed by atoms with Crippen LogP contribution in [0.4, 0.5) is 5.69 Å². The molecule has 0 fully saturated rings. The lowest BCUT2D eigenvalue weighted by Crippen LogP contribution is -2.39. The largest absolute Gasteiger partial charge is 0.497 e. The summed E-state index contributed by atoms with van der Waals surface area (Å²) in [6.45, 7) is 2.55. The lowest BCUT2D eigenvalue weighted by Gasteiger charge is -2.18. The number of ether oxygens (including phenoxy) is 2. The highest BCUT2D eigenvalue weighted by atomic mass is 32.1. The van der Waals surface area contributed by atoms with Crippen LogP contribution >= 0.6 is 12.2 Å². The van der Waals surface area contributed by atoms with Crippen molar-refractivity contribution < 1.29 is 9.47 Å². The summed E-state index contributed by atoms with van der Waals surface area (Å²) in [5.41, 5.74) is 0.882. The van der Waals surface area contributed by atoms with Crippen LogP contribution in [0.5, 0.6) is 11.5 Å². The smallest absolute Gasteiger partial charge is 0.171 e. The van der Waals surface area contributed by atoms with Gasteiger partial charge in [-0.3, -0.25) is 0 Å². The van der Waals surface area contributed by atoms with Gasteiger partial charge in [0.2, 0.25) is 0 Å². The van der Waals surface area contributed by atoms with Crippen molar-refractivity contribution >= 4 is 23.0 Å². The van der Waals surface area contributed by atoms with Gasteiger partial charge in [0.25, 0.3) is 0 Å². The molecular weight excluding hydrogens is 296 g/mol. The topological polar surface area (TPSA) is 42.5 Å². The van der Waals surface area contributed by atoms with Crippen LogP contribution in [-0.4, -0.2) is 24.9 Å². The molecule has 1 atom stereocenters. The molecule has 0 saturated carbocycles. The fourth-order valence-corrected chi connectivity index (χ4v) is 2.19. The molecule has 0 bridgehead atoms. The maximum Gasteiger partial charge on any atom is 0.171 e. The lowest BCUT2D eigenvalue weighted by molar-refractivity contribution is 0.287. The zero-order valence-electron chi connectivity index (χ0n) is 12.7.